The number of urea groups is 1. The molecule has 0 saturated carbocycles. The molecule has 1 saturated heterocycles. The minimum absolute atomic E-state index is 0.0955. The smallest absolute Gasteiger partial charge is 0.314 e. The van der Waals surface area contributed by atoms with Crippen LogP contribution in [0.15, 0.2) is 0 Å². The zero-order valence-corrected chi connectivity index (χ0v) is 6.18. The number of nitrogens with one attached hydrogen (secondary N) is 2. The van der Waals surface area contributed by atoms with Crippen LogP contribution in [0.1, 0.15) is 0 Å². The van der Waals surface area contributed by atoms with E-state index in [1.54, 1.807) is 7.05 Å². The van der Waals surface area contributed by atoms with Gasteiger partial charge >= 0.3 is 6.03 Å². The van der Waals surface area contributed by atoms with Gasteiger partial charge in [0.2, 0.25) is 0 Å². The van der Waals surface area contributed by atoms with Crippen LogP contribution >= 0.6 is 0 Å². The minimum atomic E-state index is -0.0955. The van der Waals surface area contributed by atoms with Crippen LogP contribution < -0.4 is 10.6 Å². The zero-order chi connectivity index (χ0) is 7.40. The van der Waals surface area contributed by atoms with Crippen molar-refractivity contribution < 1.29 is 4.79 Å². The van der Waals surface area contributed by atoms with Gasteiger partial charge in [-0.05, 0) is 0 Å². The molecule has 0 aromatic rings. The number of hydrogen-bond donors (Lipinski definition) is 2. The first-order valence-corrected chi connectivity index (χ1v) is 3.51. The molecule has 0 aromatic carbocycles. The topological polar surface area (TPSA) is 44.1 Å². The molecule has 10 heavy (non-hydrogen) atoms. The first-order valence-electron chi connectivity index (χ1n) is 3.51. The molecule has 1 aliphatic heterocycles. The van der Waals surface area contributed by atoms with Gasteiger partial charge in [0.25, 0.3) is 0 Å². The van der Waals surface area contributed by atoms with Crippen molar-refractivity contribution in [1.82, 2.24) is 15.5 Å². The van der Waals surface area contributed by atoms with Gasteiger partial charge < -0.3 is 10.6 Å². The predicted octanol–water partition coefficient (Wildman–Crippen LogP) is -0.769. The quantitative estimate of drug-likeness (QED) is 0.510. The monoisotopic (exact) mass is 143 g/mol. The maximum absolute atomic E-state index is 10.6. The van der Waals surface area contributed by atoms with Crippen molar-refractivity contribution >= 4 is 6.03 Å². The van der Waals surface area contributed by atoms with Gasteiger partial charge in [0.15, 0.2) is 0 Å². The number of hydrogen-bond acceptors (Lipinski definition) is 2. The van der Waals surface area contributed by atoms with Gasteiger partial charge in [0.05, 0.1) is 0 Å². The molecule has 2 amide bonds. The van der Waals surface area contributed by atoms with E-state index in [-0.39, 0.29) is 6.03 Å². The lowest BCUT2D eigenvalue weighted by Crippen LogP contribution is -2.35. The Morgan fingerprint density at radius 3 is 2.80 bits per heavy atom. The van der Waals surface area contributed by atoms with Crippen molar-refractivity contribution in [3.8, 4) is 0 Å². The second kappa shape index (κ2) is 3.41. The van der Waals surface area contributed by atoms with Crippen LogP contribution in [0, 0.1) is 0 Å². The van der Waals surface area contributed by atoms with E-state index in [0.29, 0.717) is 0 Å². The molecule has 58 valence electrons. The lowest BCUT2D eigenvalue weighted by atomic mass is 10.6. The van der Waals surface area contributed by atoms with Crippen molar-refractivity contribution in [1.29, 1.82) is 0 Å². The van der Waals surface area contributed by atoms with Gasteiger partial charge in [-0.1, -0.05) is 0 Å². The van der Waals surface area contributed by atoms with Crippen molar-refractivity contribution in [2.45, 2.75) is 0 Å². The van der Waals surface area contributed by atoms with Gasteiger partial charge in [-0.25, -0.2) is 4.79 Å². The number of rotatable bonds is 3. The van der Waals surface area contributed by atoms with Crippen molar-refractivity contribution in [3.63, 3.8) is 0 Å². The molecule has 0 atom stereocenters. The average molecular weight is 143 g/mol. The summed E-state index contributed by atoms with van der Waals surface area (Å²) in [5.41, 5.74) is 0. The molecule has 0 unspecified atom stereocenters. The SMILES string of the molecule is CNC(=O)NCCN1CC1. The van der Waals surface area contributed by atoms with E-state index in [4.69, 9.17) is 0 Å². The normalized spacial score (nSPS) is 16.5. The Bertz CT molecular complexity index is 122. The van der Waals surface area contributed by atoms with Crippen LogP contribution in [0.2, 0.25) is 0 Å². The molecule has 0 aromatic heterocycles. The molecule has 2 N–H and O–H groups in total. The molecule has 0 spiro atoms. The Morgan fingerprint density at radius 2 is 2.30 bits per heavy atom. The standard InChI is InChI=1S/C6H13N3O/c1-7-6(10)8-2-3-9-4-5-9/h2-5H2,1H3,(H2,7,8,10). The lowest BCUT2D eigenvalue weighted by molar-refractivity contribution is 0.242. The van der Waals surface area contributed by atoms with E-state index in [1.165, 1.54) is 13.1 Å². The average Bonchev–Trinajstić information content (AvgIpc) is 2.71. The van der Waals surface area contributed by atoms with Crippen LogP contribution in [-0.4, -0.2) is 44.2 Å². The number of carbonyl (C=O) groups excluding carboxylic acids is 1. The summed E-state index contributed by atoms with van der Waals surface area (Å²) >= 11 is 0. The van der Waals surface area contributed by atoms with E-state index < -0.39 is 0 Å². The fraction of sp³-hybridized carbons (Fsp3) is 0.833. The molecular formula is C6H13N3O. The Morgan fingerprint density at radius 1 is 1.60 bits per heavy atom. The highest BCUT2D eigenvalue weighted by molar-refractivity contribution is 5.73. The summed E-state index contributed by atoms with van der Waals surface area (Å²) in [5.74, 6) is 0. The van der Waals surface area contributed by atoms with Gasteiger partial charge in [0, 0.05) is 33.2 Å². The third-order valence-electron chi connectivity index (χ3n) is 1.48. The summed E-state index contributed by atoms with van der Waals surface area (Å²) in [7, 11) is 1.62. The van der Waals surface area contributed by atoms with Crippen LogP contribution in [0.3, 0.4) is 0 Å². The van der Waals surface area contributed by atoms with Crippen molar-refractivity contribution in [3.05, 3.63) is 0 Å². The molecule has 0 bridgehead atoms. The van der Waals surface area contributed by atoms with Crippen LogP contribution in [0.25, 0.3) is 0 Å². The van der Waals surface area contributed by atoms with Crippen LogP contribution in [0.4, 0.5) is 4.79 Å². The van der Waals surface area contributed by atoms with Crippen LogP contribution in [-0.2, 0) is 0 Å². The highest BCUT2D eigenvalue weighted by Crippen LogP contribution is 1.99. The van der Waals surface area contributed by atoms with E-state index in [2.05, 4.69) is 15.5 Å². The van der Waals surface area contributed by atoms with Gasteiger partial charge in [-0.2, -0.15) is 0 Å². The van der Waals surface area contributed by atoms with Gasteiger partial charge in [0.1, 0.15) is 0 Å². The summed E-state index contributed by atoms with van der Waals surface area (Å²) in [5, 5.41) is 5.20. The summed E-state index contributed by atoms with van der Waals surface area (Å²) in [6, 6.07) is -0.0955. The highest BCUT2D eigenvalue weighted by atomic mass is 16.2. The molecule has 0 aliphatic carbocycles. The van der Waals surface area contributed by atoms with Crippen molar-refractivity contribution in [2.75, 3.05) is 33.2 Å². The first kappa shape index (κ1) is 7.34. The fourth-order valence-corrected chi connectivity index (χ4v) is 0.710. The minimum Gasteiger partial charge on any atom is -0.341 e. The molecular weight excluding hydrogens is 130 g/mol. The van der Waals surface area contributed by atoms with E-state index in [9.17, 15) is 4.79 Å². The van der Waals surface area contributed by atoms with E-state index in [0.717, 1.165) is 13.1 Å². The summed E-state index contributed by atoms with van der Waals surface area (Å²) in [4.78, 5) is 12.8. The Balaban J connectivity index is 1.88. The Kier molecular flexibility index (Phi) is 2.50. The second-order valence-electron chi connectivity index (χ2n) is 2.35. The van der Waals surface area contributed by atoms with Gasteiger partial charge in [-0.3, -0.25) is 4.90 Å². The van der Waals surface area contributed by atoms with Gasteiger partial charge in [-0.15, -0.1) is 0 Å². The number of amides is 2. The molecule has 4 heteroatoms. The van der Waals surface area contributed by atoms with Crippen LogP contribution in [0.5, 0.6) is 0 Å². The van der Waals surface area contributed by atoms with E-state index in [1.807, 2.05) is 0 Å². The number of carbonyl (C=O) groups is 1. The summed E-state index contributed by atoms with van der Waals surface area (Å²) in [6.07, 6.45) is 0. The Hall–Kier alpha value is -0.770. The molecule has 0 radical (unpaired) electrons. The second-order valence-corrected chi connectivity index (χ2v) is 2.35. The lowest BCUT2D eigenvalue weighted by Gasteiger charge is -2.02. The van der Waals surface area contributed by atoms with Crippen molar-refractivity contribution in [2.24, 2.45) is 0 Å². The Labute approximate surface area is 60.6 Å². The zero-order valence-electron chi connectivity index (χ0n) is 6.18. The molecule has 1 aliphatic rings. The largest absolute Gasteiger partial charge is 0.341 e. The molecule has 4 nitrogen and oxygen atoms in total. The molecule has 1 heterocycles. The highest BCUT2D eigenvalue weighted by Gasteiger charge is 2.15. The summed E-state index contributed by atoms with van der Waals surface area (Å²) < 4.78 is 0. The summed E-state index contributed by atoms with van der Waals surface area (Å²) in [6.45, 7) is 4.11. The third-order valence-corrected chi connectivity index (χ3v) is 1.48. The number of nitrogens with zero attached hydrogens (tertiary/aromatic N) is 1. The third kappa shape index (κ3) is 2.68. The predicted molar refractivity (Wildman–Crippen MR) is 38.9 cm³/mol. The maximum Gasteiger partial charge on any atom is 0.314 e. The molecule has 1 rings (SSSR count). The first-order chi connectivity index (χ1) is 4.83. The van der Waals surface area contributed by atoms with E-state index >= 15 is 0 Å². The molecule has 1 fully saturated rings. The maximum atomic E-state index is 10.6. The fourth-order valence-electron chi connectivity index (χ4n) is 0.710.